The zero-order chi connectivity index (χ0) is 19.4. The van der Waals surface area contributed by atoms with Gasteiger partial charge < -0.3 is 25.8 Å². The number of rotatable bonds is 6. The molecule has 0 radical (unpaired) electrons. The van der Waals surface area contributed by atoms with Gasteiger partial charge in [0.25, 0.3) is 0 Å². The fourth-order valence-electron chi connectivity index (χ4n) is 2.42. The van der Waals surface area contributed by atoms with Gasteiger partial charge in [0.1, 0.15) is 13.2 Å². The summed E-state index contributed by atoms with van der Waals surface area (Å²) in [6.45, 7) is 4.59. The molecule has 0 bridgehead atoms. The van der Waals surface area contributed by atoms with E-state index in [2.05, 4.69) is 15.6 Å². The van der Waals surface area contributed by atoms with Crippen LogP contribution in [0.2, 0.25) is 0 Å². The number of benzene rings is 1. The van der Waals surface area contributed by atoms with Crippen molar-refractivity contribution in [3.8, 4) is 22.8 Å². The number of amides is 2. The van der Waals surface area contributed by atoms with E-state index in [4.69, 9.17) is 15.2 Å². The molecule has 2 aromatic rings. The van der Waals surface area contributed by atoms with E-state index in [0.717, 1.165) is 11.3 Å². The molecule has 0 fully saturated rings. The minimum absolute atomic E-state index is 0.000537. The second-order valence-corrected chi connectivity index (χ2v) is 7.29. The molecule has 9 heteroatoms. The molecule has 2 heterocycles. The number of nitrogens with zero attached hydrogens (tertiary/aromatic N) is 1. The lowest BCUT2D eigenvalue weighted by atomic mass is 10.1. The number of ether oxygens (including phenoxy) is 2. The minimum Gasteiger partial charge on any atom is -0.486 e. The van der Waals surface area contributed by atoms with Crippen molar-refractivity contribution < 1.29 is 19.1 Å². The van der Waals surface area contributed by atoms with Gasteiger partial charge in [-0.1, -0.05) is 13.8 Å². The van der Waals surface area contributed by atoms with Crippen LogP contribution in [0.15, 0.2) is 23.6 Å². The average Bonchev–Trinajstić information content (AvgIpc) is 3.13. The molecule has 3 rings (SSSR count). The van der Waals surface area contributed by atoms with Crippen molar-refractivity contribution in [3.63, 3.8) is 0 Å². The van der Waals surface area contributed by atoms with Crippen LogP contribution in [-0.2, 0) is 9.59 Å². The van der Waals surface area contributed by atoms with Crippen LogP contribution in [0.1, 0.15) is 13.8 Å². The van der Waals surface area contributed by atoms with Crippen molar-refractivity contribution in [1.29, 1.82) is 0 Å². The quantitative estimate of drug-likeness (QED) is 0.690. The zero-order valence-electron chi connectivity index (χ0n) is 15.2. The Kier molecular flexibility index (Phi) is 5.92. The summed E-state index contributed by atoms with van der Waals surface area (Å²) < 4.78 is 11.1. The summed E-state index contributed by atoms with van der Waals surface area (Å²) in [6.07, 6.45) is 0. The van der Waals surface area contributed by atoms with E-state index in [9.17, 15) is 9.59 Å². The number of nitrogens with two attached hydrogens (primary N) is 1. The number of nitrogens with one attached hydrogen (secondary N) is 2. The second-order valence-electron chi connectivity index (χ2n) is 6.43. The van der Waals surface area contributed by atoms with E-state index < -0.39 is 6.04 Å². The van der Waals surface area contributed by atoms with Gasteiger partial charge in [-0.15, -0.1) is 11.3 Å². The van der Waals surface area contributed by atoms with Crippen LogP contribution in [0, 0.1) is 5.92 Å². The molecule has 0 unspecified atom stereocenters. The molecule has 8 nitrogen and oxygen atoms in total. The first-order chi connectivity index (χ1) is 12.9. The Morgan fingerprint density at radius 3 is 2.74 bits per heavy atom. The van der Waals surface area contributed by atoms with Gasteiger partial charge in [0, 0.05) is 10.9 Å². The first-order valence-electron chi connectivity index (χ1n) is 8.62. The summed E-state index contributed by atoms with van der Waals surface area (Å²) in [5.74, 6) is 0.685. The summed E-state index contributed by atoms with van der Waals surface area (Å²) in [6, 6.07) is 4.96. The predicted octanol–water partition coefficient (Wildman–Crippen LogP) is 1.62. The molecule has 1 aliphatic rings. The Balaban J connectivity index is 1.58. The van der Waals surface area contributed by atoms with Crippen LogP contribution in [0.3, 0.4) is 0 Å². The van der Waals surface area contributed by atoms with Gasteiger partial charge in [-0.25, -0.2) is 4.98 Å². The maximum absolute atomic E-state index is 12.0. The molecule has 2 amide bonds. The zero-order valence-corrected chi connectivity index (χ0v) is 16.0. The highest BCUT2D eigenvalue weighted by Crippen LogP contribution is 2.35. The molecule has 0 saturated carbocycles. The molecular formula is C18H22N4O4S. The lowest BCUT2D eigenvalue weighted by Gasteiger charge is -2.18. The number of fused-ring (bicyclic) bond motifs is 1. The Labute approximate surface area is 161 Å². The Morgan fingerprint density at radius 1 is 1.26 bits per heavy atom. The van der Waals surface area contributed by atoms with Crippen LogP contribution in [-0.4, -0.2) is 42.6 Å². The smallest absolute Gasteiger partial charge is 0.245 e. The van der Waals surface area contributed by atoms with Crippen LogP contribution >= 0.6 is 11.3 Å². The standard InChI is InChI=1S/C18H22N4O4S/c1-10(2)16(19)17(24)20-8-15(23)22-18-21-12(9-27-18)11-3-4-13-14(7-11)26-6-5-25-13/h3-4,7,9-10,16H,5-6,8,19H2,1-2H3,(H,20,24)(H,21,22,23)/t16-/m0/s1. The molecule has 1 aromatic heterocycles. The van der Waals surface area contributed by atoms with Crippen LogP contribution in [0.25, 0.3) is 11.3 Å². The fraction of sp³-hybridized carbons (Fsp3) is 0.389. The van der Waals surface area contributed by atoms with Gasteiger partial charge in [-0.2, -0.15) is 0 Å². The van der Waals surface area contributed by atoms with Crippen molar-refractivity contribution in [2.24, 2.45) is 11.7 Å². The minimum atomic E-state index is -0.639. The summed E-state index contributed by atoms with van der Waals surface area (Å²) in [5, 5.41) is 7.49. The Bertz CT molecular complexity index is 837. The number of aromatic nitrogens is 1. The Morgan fingerprint density at radius 2 is 2.00 bits per heavy atom. The first kappa shape index (κ1) is 19.1. The van der Waals surface area contributed by atoms with Gasteiger partial charge in [0.15, 0.2) is 16.6 Å². The van der Waals surface area contributed by atoms with Crippen LogP contribution in [0.4, 0.5) is 5.13 Å². The van der Waals surface area contributed by atoms with Crippen LogP contribution < -0.4 is 25.8 Å². The summed E-state index contributed by atoms with van der Waals surface area (Å²) in [7, 11) is 0. The van der Waals surface area contributed by atoms with E-state index in [1.807, 2.05) is 37.4 Å². The van der Waals surface area contributed by atoms with E-state index in [-0.39, 0.29) is 24.3 Å². The third-order valence-electron chi connectivity index (χ3n) is 4.03. The van der Waals surface area contributed by atoms with Crippen molar-refractivity contribution in [1.82, 2.24) is 10.3 Å². The van der Waals surface area contributed by atoms with Gasteiger partial charge in [0.05, 0.1) is 18.3 Å². The van der Waals surface area contributed by atoms with Crippen LogP contribution in [0.5, 0.6) is 11.5 Å². The molecule has 144 valence electrons. The maximum Gasteiger partial charge on any atom is 0.245 e. The molecule has 1 aromatic carbocycles. The molecule has 27 heavy (non-hydrogen) atoms. The van der Waals surface area contributed by atoms with E-state index in [1.165, 1.54) is 11.3 Å². The fourth-order valence-corrected chi connectivity index (χ4v) is 3.15. The molecule has 4 N–H and O–H groups in total. The highest BCUT2D eigenvalue weighted by Gasteiger charge is 2.18. The molecule has 1 aliphatic heterocycles. The number of thiazole rings is 1. The monoisotopic (exact) mass is 390 g/mol. The van der Waals surface area contributed by atoms with Crippen molar-refractivity contribution in [2.45, 2.75) is 19.9 Å². The lowest BCUT2D eigenvalue weighted by molar-refractivity contribution is -0.125. The van der Waals surface area contributed by atoms with E-state index in [0.29, 0.717) is 29.8 Å². The number of hydrogen-bond acceptors (Lipinski definition) is 7. The van der Waals surface area contributed by atoms with Gasteiger partial charge in [-0.3, -0.25) is 9.59 Å². The van der Waals surface area contributed by atoms with E-state index >= 15 is 0 Å². The highest BCUT2D eigenvalue weighted by molar-refractivity contribution is 7.14. The van der Waals surface area contributed by atoms with E-state index in [1.54, 1.807) is 0 Å². The Hall–Kier alpha value is -2.65. The molecule has 0 saturated heterocycles. The maximum atomic E-state index is 12.0. The summed E-state index contributed by atoms with van der Waals surface area (Å²) >= 11 is 1.30. The second kappa shape index (κ2) is 8.36. The third-order valence-corrected chi connectivity index (χ3v) is 4.79. The molecule has 0 aliphatic carbocycles. The van der Waals surface area contributed by atoms with Crippen molar-refractivity contribution in [2.75, 3.05) is 25.1 Å². The molecule has 1 atom stereocenters. The number of hydrogen-bond donors (Lipinski definition) is 3. The van der Waals surface area contributed by atoms with Gasteiger partial charge in [0.2, 0.25) is 11.8 Å². The van der Waals surface area contributed by atoms with Gasteiger partial charge in [-0.05, 0) is 24.1 Å². The van der Waals surface area contributed by atoms with Gasteiger partial charge >= 0.3 is 0 Å². The number of carbonyl (C=O) groups excluding carboxylic acids is 2. The van der Waals surface area contributed by atoms with Crippen molar-refractivity contribution in [3.05, 3.63) is 23.6 Å². The molecule has 0 spiro atoms. The number of carbonyl (C=O) groups is 2. The topological polar surface area (TPSA) is 116 Å². The lowest BCUT2D eigenvalue weighted by Crippen LogP contribution is -2.46. The summed E-state index contributed by atoms with van der Waals surface area (Å²) in [4.78, 5) is 28.2. The molecular weight excluding hydrogens is 368 g/mol. The highest BCUT2D eigenvalue weighted by atomic mass is 32.1. The first-order valence-corrected chi connectivity index (χ1v) is 9.50. The summed E-state index contributed by atoms with van der Waals surface area (Å²) in [5.41, 5.74) is 7.33. The number of anilines is 1. The SMILES string of the molecule is CC(C)[C@H](N)C(=O)NCC(=O)Nc1nc(-c2ccc3c(c2)OCCO3)cs1. The predicted molar refractivity (Wildman–Crippen MR) is 103 cm³/mol. The third kappa shape index (κ3) is 4.75. The largest absolute Gasteiger partial charge is 0.486 e. The van der Waals surface area contributed by atoms with Crippen molar-refractivity contribution >= 4 is 28.3 Å². The normalized spacial score (nSPS) is 13.9. The average molecular weight is 390 g/mol.